The number of hydrogen-bond acceptors (Lipinski definition) is 3. The van der Waals surface area contributed by atoms with Crippen LogP contribution in [0.3, 0.4) is 0 Å². The average Bonchev–Trinajstić information content (AvgIpc) is 2.66. The van der Waals surface area contributed by atoms with Crippen LogP contribution in [0.1, 0.15) is 53.7 Å². The smallest absolute Gasteiger partial charge is 0.272 e. The predicted octanol–water partition coefficient (Wildman–Crippen LogP) is 3.52. The number of nitrogens with one attached hydrogen (secondary N) is 1. The van der Waals surface area contributed by atoms with Crippen molar-refractivity contribution in [2.45, 2.75) is 33.7 Å². The Bertz CT molecular complexity index is 729. The molecule has 0 aliphatic heterocycles. The Morgan fingerprint density at radius 2 is 1.73 bits per heavy atom. The van der Waals surface area contributed by atoms with E-state index in [1.165, 1.54) is 0 Å². The first kappa shape index (κ1) is 19.6. The molecule has 2 rings (SSSR count). The fourth-order valence-corrected chi connectivity index (χ4v) is 2.54. The summed E-state index contributed by atoms with van der Waals surface area (Å²) in [5, 5.41) is 2.85. The highest BCUT2D eigenvalue weighted by Gasteiger charge is 2.17. The summed E-state index contributed by atoms with van der Waals surface area (Å²) in [4.78, 5) is 31.0. The largest absolute Gasteiger partial charge is 0.351 e. The van der Waals surface area contributed by atoms with Crippen LogP contribution in [0.25, 0.3) is 0 Å². The second-order valence-corrected chi connectivity index (χ2v) is 6.65. The Kier molecular flexibility index (Phi) is 7.33. The molecule has 0 atom stereocenters. The summed E-state index contributed by atoms with van der Waals surface area (Å²) in [6.07, 6.45) is 0.908. The molecule has 1 N–H and O–H groups in total. The molecule has 0 spiro atoms. The van der Waals surface area contributed by atoms with Crippen LogP contribution in [-0.4, -0.2) is 34.8 Å². The van der Waals surface area contributed by atoms with Crippen molar-refractivity contribution in [2.24, 2.45) is 5.92 Å². The van der Waals surface area contributed by atoms with E-state index in [0.29, 0.717) is 31.2 Å². The fraction of sp³-hybridized carbons (Fsp3) is 0.381. The summed E-state index contributed by atoms with van der Waals surface area (Å²) in [6.45, 7) is 7.84. The van der Waals surface area contributed by atoms with Crippen LogP contribution in [0.4, 0.5) is 0 Å². The third kappa shape index (κ3) is 5.69. The highest BCUT2D eigenvalue weighted by Crippen LogP contribution is 2.09. The molecule has 5 heteroatoms. The number of nitrogens with zero attached hydrogens (tertiary/aromatic N) is 2. The van der Waals surface area contributed by atoms with E-state index >= 15 is 0 Å². The molecule has 0 bridgehead atoms. The van der Waals surface area contributed by atoms with Crippen molar-refractivity contribution >= 4 is 11.8 Å². The van der Waals surface area contributed by atoms with Gasteiger partial charge in [-0.3, -0.25) is 9.59 Å². The van der Waals surface area contributed by atoms with Crippen molar-refractivity contribution in [3.63, 3.8) is 0 Å². The van der Waals surface area contributed by atoms with Crippen molar-refractivity contribution < 1.29 is 9.59 Å². The first-order valence-electron chi connectivity index (χ1n) is 9.09. The van der Waals surface area contributed by atoms with Crippen LogP contribution < -0.4 is 5.32 Å². The van der Waals surface area contributed by atoms with E-state index in [-0.39, 0.29) is 17.5 Å². The monoisotopic (exact) mass is 353 g/mol. The molecule has 0 unspecified atom stereocenters. The maximum atomic E-state index is 12.8. The van der Waals surface area contributed by atoms with Crippen LogP contribution in [0.15, 0.2) is 48.5 Å². The van der Waals surface area contributed by atoms with Gasteiger partial charge in [0.2, 0.25) is 0 Å². The molecular formula is C21H27N3O2. The lowest BCUT2D eigenvalue weighted by Gasteiger charge is -2.20. The number of carbonyl (C=O) groups excluding carboxylic acids is 2. The van der Waals surface area contributed by atoms with Crippen molar-refractivity contribution in [2.75, 3.05) is 13.1 Å². The first-order chi connectivity index (χ1) is 12.5. The van der Waals surface area contributed by atoms with E-state index in [0.717, 1.165) is 12.0 Å². The highest BCUT2D eigenvalue weighted by molar-refractivity contribution is 5.96. The van der Waals surface area contributed by atoms with Crippen molar-refractivity contribution in [3.8, 4) is 0 Å². The number of rotatable bonds is 8. The summed E-state index contributed by atoms with van der Waals surface area (Å²) < 4.78 is 0. The molecule has 0 radical (unpaired) electrons. The second-order valence-electron chi connectivity index (χ2n) is 6.65. The molecular weight excluding hydrogens is 326 g/mol. The van der Waals surface area contributed by atoms with Crippen LogP contribution in [-0.2, 0) is 6.54 Å². The molecule has 0 aliphatic rings. The van der Waals surface area contributed by atoms with E-state index in [1.807, 2.05) is 37.3 Å². The molecule has 1 heterocycles. The number of benzene rings is 1. The van der Waals surface area contributed by atoms with Crippen LogP contribution in [0.5, 0.6) is 0 Å². The van der Waals surface area contributed by atoms with Gasteiger partial charge in [-0.25, -0.2) is 4.98 Å². The van der Waals surface area contributed by atoms with Gasteiger partial charge >= 0.3 is 0 Å². The van der Waals surface area contributed by atoms with Gasteiger partial charge in [-0.05, 0) is 37.0 Å². The number of hydrogen-bond donors (Lipinski definition) is 1. The molecule has 1 aromatic heterocycles. The molecule has 138 valence electrons. The lowest BCUT2D eigenvalue weighted by molar-refractivity contribution is 0.0746. The summed E-state index contributed by atoms with van der Waals surface area (Å²) >= 11 is 0. The van der Waals surface area contributed by atoms with E-state index in [2.05, 4.69) is 24.1 Å². The molecule has 5 nitrogen and oxygen atoms in total. The van der Waals surface area contributed by atoms with Crippen LogP contribution in [0.2, 0.25) is 0 Å². The molecule has 2 amide bonds. The van der Waals surface area contributed by atoms with E-state index in [1.54, 1.807) is 23.1 Å². The third-order valence-corrected chi connectivity index (χ3v) is 4.09. The number of pyridine rings is 1. The Morgan fingerprint density at radius 1 is 1.04 bits per heavy atom. The Labute approximate surface area is 155 Å². The zero-order valence-electron chi connectivity index (χ0n) is 15.7. The maximum Gasteiger partial charge on any atom is 0.272 e. The van der Waals surface area contributed by atoms with Gasteiger partial charge < -0.3 is 10.2 Å². The minimum atomic E-state index is -0.244. The molecule has 1 aromatic carbocycles. The molecule has 0 saturated carbocycles. The van der Waals surface area contributed by atoms with Gasteiger partial charge in [0.05, 0.1) is 0 Å². The SMILES string of the molecule is CCN(Cc1ccccc1)C(=O)c1cccc(C(=O)NCCC(C)C)n1. The number of amides is 2. The summed E-state index contributed by atoms with van der Waals surface area (Å²) in [7, 11) is 0. The van der Waals surface area contributed by atoms with Crippen LogP contribution in [0, 0.1) is 5.92 Å². The van der Waals surface area contributed by atoms with Crippen LogP contribution >= 0.6 is 0 Å². The minimum absolute atomic E-state index is 0.173. The molecule has 0 saturated heterocycles. The molecule has 2 aromatic rings. The molecule has 0 aliphatic carbocycles. The Hall–Kier alpha value is -2.69. The van der Waals surface area contributed by atoms with Gasteiger partial charge in [0, 0.05) is 19.6 Å². The Morgan fingerprint density at radius 3 is 2.38 bits per heavy atom. The topological polar surface area (TPSA) is 62.3 Å². The summed E-state index contributed by atoms with van der Waals surface area (Å²) in [5.74, 6) is 0.104. The first-order valence-corrected chi connectivity index (χ1v) is 9.09. The third-order valence-electron chi connectivity index (χ3n) is 4.09. The van der Waals surface area contributed by atoms with E-state index in [9.17, 15) is 9.59 Å². The van der Waals surface area contributed by atoms with Gasteiger partial charge in [0.25, 0.3) is 11.8 Å². The lowest BCUT2D eigenvalue weighted by atomic mass is 10.1. The minimum Gasteiger partial charge on any atom is -0.351 e. The van der Waals surface area contributed by atoms with E-state index < -0.39 is 0 Å². The summed E-state index contributed by atoms with van der Waals surface area (Å²) in [5.41, 5.74) is 1.62. The zero-order chi connectivity index (χ0) is 18.9. The normalized spacial score (nSPS) is 10.6. The van der Waals surface area contributed by atoms with Gasteiger partial charge in [0.1, 0.15) is 11.4 Å². The average molecular weight is 353 g/mol. The lowest BCUT2D eigenvalue weighted by Crippen LogP contribution is -2.32. The van der Waals surface area contributed by atoms with Gasteiger partial charge in [-0.1, -0.05) is 50.2 Å². The number of carbonyl (C=O) groups is 2. The Balaban J connectivity index is 2.07. The van der Waals surface area contributed by atoms with E-state index in [4.69, 9.17) is 0 Å². The van der Waals surface area contributed by atoms with Gasteiger partial charge in [-0.15, -0.1) is 0 Å². The molecule has 26 heavy (non-hydrogen) atoms. The highest BCUT2D eigenvalue weighted by atomic mass is 16.2. The fourth-order valence-electron chi connectivity index (χ4n) is 2.54. The molecule has 0 fully saturated rings. The van der Waals surface area contributed by atoms with Gasteiger partial charge in [0.15, 0.2) is 0 Å². The standard InChI is InChI=1S/C21H27N3O2/c1-4-24(15-17-9-6-5-7-10-17)21(26)19-12-8-11-18(23-19)20(25)22-14-13-16(2)3/h5-12,16H,4,13-15H2,1-3H3,(H,22,25). The van der Waals surface area contributed by atoms with Crippen molar-refractivity contribution in [3.05, 3.63) is 65.5 Å². The number of aromatic nitrogens is 1. The van der Waals surface area contributed by atoms with Gasteiger partial charge in [-0.2, -0.15) is 0 Å². The maximum absolute atomic E-state index is 12.8. The van der Waals surface area contributed by atoms with Crippen molar-refractivity contribution in [1.82, 2.24) is 15.2 Å². The predicted molar refractivity (Wildman–Crippen MR) is 103 cm³/mol. The zero-order valence-corrected chi connectivity index (χ0v) is 15.7. The quantitative estimate of drug-likeness (QED) is 0.790. The summed E-state index contributed by atoms with van der Waals surface area (Å²) in [6, 6.07) is 14.8. The van der Waals surface area contributed by atoms with Crippen molar-refractivity contribution in [1.29, 1.82) is 0 Å². The second kappa shape index (κ2) is 9.70.